The summed E-state index contributed by atoms with van der Waals surface area (Å²) < 4.78 is 2.18. The number of nitrogens with two attached hydrogens (primary N) is 1. The molecule has 2 atom stereocenters. The maximum atomic E-state index is 5.96. The van der Waals surface area contributed by atoms with E-state index >= 15 is 0 Å². The van der Waals surface area contributed by atoms with E-state index in [1.807, 2.05) is 18.5 Å². The summed E-state index contributed by atoms with van der Waals surface area (Å²) in [5.41, 5.74) is 8.10. The van der Waals surface area contributed by atoms with Crippen LogP contribution in [0, 0.1) is 0 Å². The molecule has 0 saturated heterocycles. The van der Waals surface area contributed by atoms with Gasteiger partial charge in [0.15, 0.2) is 0 Å². The predicted octanol–water partition coefficient (Wildman–Crippen LogP) is 1.56. The minimum atomic E-state index is 0.350. The Morgan fingerprint density at radius 2 is 2.31 bits per heavy atom. The number of imidazole rings is 1. The molecule has 2 heterocycles. The van der Waals surface area contributed by atoms with E-state index < -0.39 is 0 Å². The molecule has 16 heavy (non-hydrogen) atoms. The van der Waals surface area contributed by atoms with Crippen LogP contribution in [0.5, 0.6) is 0 Å². The van der Waals surface area contributed by atoms with E-state index in [0.717, 1.165) is 36.1 Å². The highest BCUT2D eigenvalue weighted by Crippen LogP contribution is 2.33. The first-order valence-electron chi connectivity index (χ1n) is 5.77. The summed E-state index contributed by atoms with van der Waals surface area (Å²) in [4.78, 5) is 8.78. The van der Waals surface area contributed by atoms with Crippen molar-refractivity contribution < 1.29 is 0 Å². The number of aromatic nitrogens is 3. The quantitative estimate of drug-likeness (QED) is 0.787. The lowest BCUT2D eigenvalue weighted by Gasteiger charge is -2.09. The largest absolute Gasteiger partial charge is 0.331 e. The normalized spacial score (nSPS) is 25.4. The lowest BCUT2D eigenvalue weighted by molar-refractivity contribution is 0.621. The zero-order valence-electron chi connectivity index (χ0n) is 9.43. The van der Waals surface area contributed by atoms with Crippen LogP contribution in [0.25, 0.3) is 11.0 Å². The van der Waals surface area contributed by atoms with Gasteiger partial charge in [0.2, 0.25) is 0 Å². The molecule has 4 nitrogen and oxygen atoms in total. The van der Waals surface area contributed by atoms with Crippen molar-refractivity contribution in [2.45, 2.75) is 31.2 Å². The molecule has 0 bridgehead atoms. The summed E-state index contributed by atoms with van der Waals surface area (Å²) in [6, 6.07) is 2.36. The highest BCUT2D eigenvalue weighted by molar-refractivity contribution is 5.74. The Morgan fingerprint density at radius 1 is 1.44 bits per heavy atom. The van der Waals surface area contributed by atoms with Crippen molar-refractivity contribution in [2.75, 3.05) is 0 Å². The Hall–Kier alpha value is -1.42. The number of aryl methyl sites for hydroxylation is 1. The van der Waals surface area contributed by atoms with Crippen LogP contribution in [-0.4, -0.2) is 20.6 Å². The van der Waals surface area contributed by atoms with Crippen molar-refractivity contribution >= 4 is 11.0 Å². The van der Waals surface area contributed by atoms with Gasteiger partial charge >= 0.3 is 0 Å². The first-order valence-corrected chi connectivity index (χ1v) is 5.77. The van der Waals surface area contributed by atoms with Crippen LogP contribution in [0.1, 0.15) is 31.0 Å². The summed E-state index contributed by atoms with van der Waals surface area (Å²) in [7, 11) is 2.08. The molecular weight excluding hydrogens is 200 g/mol. The SMILES string of the molecule is Cn1c([C@@H]2CC[C@H](N)C2)nc2cnccc21. The number of pyridine rings is 1. The van der Waals surface area contributed by atoms with E-state index in [4.69, 9.17) is 5.73 Å². The lowest BCUT2D eigenvalue weighted by atomic mass is 10.1. The van der Waals surface area contributed by atoms with Gasteiger partial charge in [-0.15, -0.1) is 0 Å². The molecule has 2 N–H and O–H groups in total. The van der Waals surface area contributed by atoms with Gasteiger partial charge in [0.25, 0.3) is 0 Å². The maximum absolute atomic E-state index is 5.96. The van der Waals surface area contributed by atoms with Crippen LogP contribution in [0.4, 0.5) is 0 Å². The zero-order chi connectivity index (χ0) is 11.1. The predicted molar refractivity (Wildman–Crippen MR) is 63.1 cm³/mol. The van der Waals surface area contributed by atoms with Crippen LogP contribution in [0.2, 0.25) is 0 Å². The fourth-order valence-electron chi connectivity index (χ4n) is 2.69. The minimum Gasteiger partial charge on any atom is -0.331 e. The Balaban J connectivity index is 2.07. The van der Waals surface area contributed by atoms with E-state index in [1.54, 1.807) is 0 Å². The summed E-state index contributed by atoms with van der Waals surface area (Å²) in [6.07, 6.45) is 6.98. The average Bonchev–Trinajstić information content (AvgIpc) is 2.84. The van der Waals surface area contributed by atoms with Gasteiger partial charge in [-0.2, -0.15) is 0 Å². The number of rotatable bonds is 1. The van der Waals surface area contributed by atoms with Gasteiger partial charge in [0.1, 0.15) is 11.3 Å². The monoisotopic (exact) mass is 216 g/mol. The fourth-order valence-corrected chi connectivity index (χ4v) is 2.69. The summed E-state index contributed by atoms with van der Waals surface area (Å²) in [5.74, 6) is 1.68. The molecule has 0 aromatic carbocycles. The van der Waals surface area contributed by atoms with Crippen LogP contribution in [-0.2, 0) is 7.05 Å². The fraction of sp³-hybridized carbons (Fsp3) is 0.500. The van der Waals surface area contributed by atoms with Crippen molar-refractivity contribution in [3.63, 3.8) is 0 Å². The summed E-state index contributed by atoms with van der Waals surface area (Å²) in [6.45, 7) is 0. The van der Waals surface area contributed by atoms with Gasteiger partial charge in [-0.1, -0.05) is 0 Å². The van der Waals surface area contributed by atoms with Gasteiger partial charge in [0.05, 0.1) is 11.7 Å². The van der Waals surface area contributed by atoms with Crippen LogP contribution >= 0.6 is 0 Å². The molecule has 0 unspecified atom stereocenters. The molecule has 1 aliphatic carbocycles. The molecule has 0 spiro atoms. The Labute approximate surface area is 94.5 Å². The molecule has 2 aromatic rings. The number of hydrogen-bond donors (Lipinski definition) is 1. The van der Waals surface area contributed by atoms with Crippen molar-refractivity contribution in [1.29, 1.82) is 0 Å². The van der Waals surface area contributed by atoms with Gasteiger partial charge in [-0.3, -0.25) is 4.98 Å². The van der Waals surface area contributed by atoms with Crippen LogP contribution < -0.4 is 5.73 Å². The van der Waals surface area contributed by atoms with Crippen molar-refractivity contribution in [3.05, 3.63) is 24.3 Å². The first-order chi connectivity index (χ1) is 7.75. The molecule has 0 amide bonds. The van der Waals surface area contributed by atoms with Gasteiger partial charge in [-0.05, 0) is 25.3 Å². The van der Waals surface area contributed by atoms with Crippen molar-refractivity contribution in [1.82, 2.24) is 14.5 Å². The zero-order valence-corrected chi connectivity index (χ0v) is 9.43. The third kappa shape index (κ3) is 1.41. The smallest absolute Gasteiger partial charge is 0.112 e. The summed E-state index contributed by atoms with van der Waals surface area (Å²) >= 11 is 0. The minimum absolute atomic E-state index is 0.350. The Morgan fingerprint density at radius 3 is 3.00 bits per heavy atom. The van der Waals surface area contributed by atoms with Gasteiger partial charge < -0.3 is 10.3 Å². The molecule has 1 saturated carbocycles. The van der Waals surface area contributed by atoms with E-state index in [-0.39, 0.29) is 0 Å². The highest BCUT2D eigenvalue weighted by Gasteiger charge is 2.26. The first kappa shape index (κ1) is 9.78. The number of nitrogens with zero attached hydrogens (tertiary/aromatic N) is 3. The third-order valence-electron chi connectivity index (χ3n) is 3.56. The molecular formula is C12H16N4. The highest BCUT2D eigenvalue weighted by atomic mass is 15.1. The van der Waals surface area contributed by atoms with E-state index in [1.165, 1.54) is 0 Å². The van der Waals surface area contributed by atoms with E-state index in [2.05, 4.69) is 21.6 Å². The lowest BCUT2D eigenvalue weighted by Crippen LogP contribution is -2.15. The molecule has 3 rings (SSSR count). The standard InChI is InChI=1S/C12H16N4/c1-16-11-4-5-14-7-10(11)15-12(16)8-2-3-9(13)6-8/h4-5,7-9H,2-3,6,13H2,1H3/t8-,9+/m1/s1. The second-order valence-corrected chi connectivity index (χ2v) is 4.66. The van der Waals surface area contributed by atoms with Gasteiger partial charge in [-0.25, -0.2) is 4.98 Å². The van der Waals surface area contributed by atoms with Crippen LogP contribution in [0.3, 0.4) is 0 Å². The van der Waals surface area contributed by atoms with Crippen LogP contribution in [0.15, 0.2) is 18.5 Å². The maximum Gasteiger partial charge on any atom is 0.112 e. The van der Waals surface area contributed by atoms with E-state index in [0.29, 0.717) is 12.0 Å². The van der Waals surface area contributed by atoms with E-state index in [9.17, 15) is 0 Å². The molecule has 1 fully saturated rings. The second-order valence-electron chi connectivity index (χ2n) is 4.66. The Bertz CT molecular complexity index is 517. The molecule has 84 valence electrons. The van der Waals surface area contributed by atoms with Crippen molar-refractivity contribution in [3.8, 4) is 0 Å². The third-order valence-corrected chi connectivity index (χ3v) is 3.56. The average molecular weight is 216 g/mol. The molecule has 0 radical (unpaired) electrons. The number of hydrogen-bond acceptors (Lipinski definition) is 3. The molecule has 1 aliphatic rings. The number of fused-ring (bicyclic) bond motifs is 1. The van der Waals surface area contributed by atoms with Gasteiger partial charge in [0, 0.05) is 25.2 Å². The van der Waals surface area contributed by atoms with Crippen molar-refractivity contribution in [2.24, 2.45) is 12.8 Å². The Kier molecular flexibility index (Phi) is 2.17. The topological polar surface area (TPSA) is 56.7 Å². The molecule has 2 aromatic heterocycles. The molecule has 4 heteroatoms. The second kappa shape index (κ2) is 3.56. The molecule has 0 aliphatic heterocycles. The summed E-state index contributed by atoms with van der Waals surface area (Å²) in [5, 5.41) is 0.